The van der Waals surface area contributed by atoms with E-state index in [1.165, 1.54) is 25.0 Å². The SMILES string of the molecule is CN=C(NCCCn1nc(C)cc1C)NCCc1nnc2n1CCCCC2.I. The highest BCUT2D eigenvalue weighted by Crippen LogP contribution is 2.14. The number of nitrogens with zero attached hydrogens (tertiary/aromatic N) is 6. The van der Waals surface area contributed by atoms with E-state index in [1.54, 1.807) is 7.05 Å². The largest absolute Gasteiger partial charge is 0.356 e. The maximum Gasteiger partial charge on any atom is 0.190 e. The molecule has 8 nitrogen and oxygen atoms in total. The van der Waals surface area contributed by atoms with Crippen LogP contribution in [0.5, 0.6) is 0 Å². The van der Waals surface area contributed by atoms with Crippen LogP contribution in [0.1, 0.15) is 48.7 Å². The van der Waals surface area contributed by atoms with Gasteiger partial charge in [0.1, 0.15) is 11.6 Å². The zero-order valence-corrected chi connectivity index (χ0v) is 19.6. The molecule has 1 aliphatic rings. The first-order valence-electron chi connectivity index (χ1n) is 10.0. The lowest BCUT2D eigenvalue weighted by molar-refractivity contribution is 0.554. The average Bonchev–Trinajstić information content (AvgIpc) is 3.09. The molecule has 0 atom stereocenters. The fourth-order valence-electron chi connectivity index (χ4n) is 3.58. The Hall–Kier alpha value is -1.65. The molecule has 2 aromatic heterocycles. The highest BCUT2D eigenvalue weighted by Gasteiger charge is 2.14. The monoisotopic (exact) mass is 500 g/mol. The van der Waals surface area contributed by atoms with Crippen LogP contribution in [0.3, 0.4) is 0 Å². The molecule has 3 rings (SSSR count). The third kappa shape index (κ3) is 6.18. The molecule has 0 fully saturated rings. The van der Waals surface area contributed by atoms with Crippen molar-refractivity contribution in [3.8, 4) is 0 Å². The van der Waals surface area contributed by atoms with Gasteiger partial charge in [-0.1, -0.05) is 6.42 Å². The lowest BCUT2D eigenvalue weighted by Crippen LogP contribution is -2.39. The molecule has 0 aromatic carbocycles. The number of aliphatic imine (C=N–C) groups is 1. The van der Waals surface area contributed by atoms with E-state index in [0.717, 1.165) is 68.7 Å². The number of hydrogen-bond acceptors (Lipinski definition) is 4. The number of hydrogen-bond donors (Lipinski definition) is 2. The summed E-state index contributed by atoms with van der Waals surface area (Å²) in [5, 5.41) is 20.0. The minimum absolute atomic E-state index is 0. The lowest BCUT2D eigenvalue weighted by Gasteiger charge is -2.12. The highest BCUT2D eigenvalue weighted by atomic mass is 127. The zero-order valence-electron chi connectivity index (χ0n) is 17.2. The first-order chi connectivity index (χ1) is 13.2. The molecule has 3 heterocycles. The van der Waals surface area contributed by atoms with Crippen molar-refractivity contribution in [2.45, 2.75) is 65.5 Å². The van der Waals surface area contributed by atoms with Gasteiger partial charge in [0.05, 0.1) is 5.69 Å². The smallest absolute Gasteiger partial charge is 0.190 e. The molecule has 9 heteroatoms. The standard InChI is InChI=1S/C19H32N8.HI/c1-15-14-16(2)27(25-15)13-7-10-21-19(20-3)22-11-9-18-24-23-17-8-5-4-6-12-26(17)18;/h14H,4-13H2,1-3H3,(H2,20,21,22);1H. The van der Waals surface area contributed by atoms with Gasteiger partial charge < -0.3 is 15.2 Å². The van der Waals surface area contributed by atoms with Gasteiger partial charge in [-0.3, -0.25) is 9.67 Å². The van der Waals surface area contributed by atoms with E-state index in [0.29, 0.717) is 0 Å². The first kappa shape index (κ1) is 22.6. The lowest BCUT2D eigenvalue weighted by atomic mass is 10.2. The summed E-state index contributed by atoms with van der Waals surface area (Å²) in [6.45, 7) is 7.75. The van der Waals surface area contributed by atoms with Gasteiger partial charge in [0, 0.05) is 51.8 Å². The van der Waals surface area contributed by atoms with Crippen LogP contribution in [-0.2, 0) is 25.9 Å². The number of fused-ring (bicyclic) bond motifs is 1. The van der Waals surface area contributed by atoms with Crippen molar-refractivity contribution in [2.75, 3.05) is 20.1 Å². The number of guanidine groups is 1. The van der Waals surface area contributed by atoms with Crippen molar-refractivity contribution in [3.63, 3.8) is 0 Å². The van der Waals surface area contributed by atoms with Gasteiger partial charge in [-0.2, -0.15) is 5.10 Å². The van der Waals surface area contributed by atoms with Crippen LogP contribution in [0.25, 0.3) is 0 Å². The summed E-state index contributed by atoms with van der Waals surface area (Å²) >= 11 is 0. The quantitative estimate of drug-likeness (QED) is 0.264. The van der Waals surface area contributed by atoms with Gasteiger partial charge in [-0.15, -0.1) is 34.2 Å². The molecular formula is C19H33IN8. The first-order valence-corrected chi connectivity index (χ1v) is 10.0. The van der Waals surface area contributed by atoms with E-state index in [1.807, 2.05) is 6.92 Å². The Balaban J connectivity index is 0.00000280. The topological polar surface area (TPSA) is 84.9 Å². The Morgan fingerprint density at radius 1 is 1.14 bits per heavy atom. The maximum absolute atomic E-state index is 4.49. The third-order valence-corrected chi connectivity index (χ3v) is 4.99. The molecule has 0 spiro atoms. The minimum Gasteiger partial charge on any atom is -0.356 e. The molecule has 0 saturated carbocycles. The van der Waals surface area contributed by atoms with Gasteiger partial charge in [0.25, 0.3) is 0 Å². The van der Waals surface area contributed by atoms with Crippen molar-refractivity contribution >= 4 is 29.9 Å². The fraction of sp³-hybridized carbons (Fsp3) is 0.684. The molecule has 0 amide bonds. The highest BCUT2D eigenvalue weighted by molar-refractivity contribution is 14.0. The molecule has 0 bridgehead atoms. The second-order valence-electron chi connectivity index (χ2n) is 7.17. The van der Waals surface area contributed by atoms with Crippen molar-refractivity contribution in [1.82, 2.24) is 35.2 Å². The summed E-state index contributed by atoms with van der Waals surface area (Å²) < 4.78 is 4.36. The second kappa shape index (κ2) is 11.4. The molecule has 28 heavy (non-hydrogen) atoms. The van der Waals surface area contributed by atoms with Crippen LogP contribution in [0.15, 0.2) is 11.1 Å². The van der Waals surface area contributed by atoms with Crippen molar-refractivity contribution < 1.29 is 0 Å². The van der Waals surface area contributed by atoms with Gasteiger partial charge in [0.2, 0.25) is 0 Å². The number of nitrogens with one attached hydrogen (secondary N) is 2. The summed E-state index contributed by atoms with van der Waals surface area (Å²) in [5.74, 6) is 3.06. The summed E-state index contributed by atoms with van der Waals surface area (Å²) in [7, 11) is 1.81. The van der Waals surface area contributed by atoms with Crippen molar-refractivity contribution in [2.24, 2.45) is 4.99 Å². The van der Waals surface area contributed by atoms with Gasteiger partial charge in [-0.25, -0.2) is 0 Å². The van der Waals surface area contributed by atoms with Gasteiger partial charge >= 0.3 is 0 Å². The summed E-state index contributed by atoms with van der Waals surface area (Å²) in [5.41, 5.74) is 2.28. The maximum atomic E-state index is 4.49. The third-order valence-electron chi connectivity index (χ3n) is 4.99. The normalized spacial score (nSPS) is 14.2. The van der Waals surface area contributed by atoms with E-state index in [2.05, 4.69) is 53.2 Å². The van der Waals surface area contributed by atoms with E-state index in [4.69, 9.17) is 0 Å². The molecule has 156 valence electrons. The van der Waals surface area contributed by atoms with Crippen molar-refractivity contribution in [3.05, 3.63) is 29.1 Å². The van der Waals surface area contributed by atoms with Crippen LogP contribution in [0.4, 0.5) is 0 Å². The molecule has 2 aromatic rings. The average molecular weight is 500 g/mol. The summed E-state index contributed by atoms with van der Waals surface area (Å²) in [4.78, 5) is 4.30. The molecule has 2 N–H and O–H groups in total. The Kier molecular flexibility index (Phi) is 9.20. The van der Waals surface area contributed by atoms with Crippen LogP contribution < -0.4 is 10.6 Å². The Morgan fingerprint density at radius 3 is 2.71 bits per heavy atom. The number of halogens is 1. The number of aromatic nitrogens is 5. The molecule has 0 unspecified atom stereocenters. The Morgan fingerprint density at radius 2 is 1.96 bits per heavy atom. The predicted octanol–water partition coefficient (Wildman–Crippen LogP) is 2.23. The molecule has 0 saturated heterocycles. The minimum atomic E-state index is 0. The molecule has 0 aliphatic carbocycles. The molecular weight excluding hydrogens is 467 g/mol. The predicted molar refractivity (Wildman–Crippen MR) is 122 cm³/mol. The number of rotatable bonds is 7. The van der Waals surface area contributed by atoms with E-state index in [-0.39, 0.29) is 24.0 Å². The number of aryl methyl sites for hydroxylation is 4. The summed E-state index contributed by atoms with van der Waals surface area (Å²) in [6.07, 6.45) is 6.66. The van der Waals surface area contributed by atoms with E-state index >= 15 is 0 Å². The van der Waals surface area contributed by atoms with Crippen LogP contribution in [0.2, 0.25) is 0 Å². The Bertz CT molecular complexity index is 764. The molecule has 0 radical (unpaired) electrons. The van der Waals surface area contributed by atoms with E-state index in [9.17, 15) is 0 Å². The second-order valence-corrected chi connectivity index (χ2v) is 7.17. The van der Waals surface area contributed by atoms with Crippen molar-refractivity contribution in [1.29, 1.82) is 0 Å². The van der Waals surface area contributed by atoms with E-state index < -0.39 is 0 Å². The van der Waals surface area contributed by atoms with Crippen LogP contribution in [0, 0.1) is 13.8 Å². The van der Waals surface area contributed by atoms with Crippen LogP contribution >= 0.6 is 24.0 Å². The fourth-order valence-corrected chi connectivity index (χ4v) is 3.58. The van der Waals surface area contributed by atoms with Gasteiger partial charge in [0.15, 0.2) is 5.96 Å². The van der Waals surface area contributed by atoms with Gasteiger partial charge in [-0.05, 0) is 39.2 Å². The Labute approximate surface area is 184 Å². The summed E-state index contributed by atoms with van der Waals surface area (Å²) in [6, 6.07) is 2.11. The molecule has 1 aliphatic heterocycles. The van der Waals surface area contributed by atoms with Crippen LogP contribution in [-0.4, -0.2) is 50.6 Å². The zero-order chi connectivity index (χ0) is 19.1.